The number of amidine groups is 1. The van der Waals surface area contributed by atoms with Crippen molar-refractivity contribution < 1.29 is 0 Å². The normalized spacial score (nSPS) is 15.2. The number of aliphatic imine (C=N–C) groups is 1. The molecule has 0 unspecified atom stereocenters. The predicted molar refractivity (Wildman–Crippen MR) is 68.2 cm³/mol. The van der Waals surface area contributed by atoms with Gasteiger partial charge in [0.1, 0.15) is 10.7 Å². The predicted octanol–water partition coefficient (Wildman–Crippen LogP) is 1.54. The molecule has 0 spiro atoms. The van der Waals surface area contributed by atoms with Crippen LogP contribution >= 0.6 is 11.3 Å². The Labute approximate surface area is 97.2 Å². The van der Waals surface area contributed by atoms with E-state index in [4.69, 9.17) is 5.73 Å². The lowest BCUT2D eigenvalue weighted by molar-refractivity contribution is 0.961. The van der Waals surface area contributed by atoms with Gasteiger partial charge < -0.3 is 11.1 Å². The van der Waals surface area contributed by atoms with E-state index in [1.165, 1.54) is 0 Å². The Morgan fingerprint density at radius 3 is 3.06 bits per heavy atom. The van der Waals surface area contributed by atoms with Crippen LogP contribution in [0.3, 0.4) is 0 Å². The summed E-state index contributed by atoms with van der Waals surface area (Å²) in [7, 11) is 0. The van der Waals surface area contributed by atoms with Gasteiger partial charge in [-0.15, -0.1) is 11.3 Å². The summed E-state index contributed by atoms with van der Waals surface area (Å²) in [5.74, 6) is 0.915. The smallest absolute Gasteiger partial charge is 0.140 e. The topological polar surface area (TPSA) is 63.3 Å². The molecule has 0 saturated carbocycles. The van der Waals surface area contributed by atoms with Crippen LogP contribution < -0.4 is 11.1 Å². The summed E-state index contributed by atoms with van der Waals surface area (Å²) in [5, 5.41) is 4.27. The van der Waals surface area contributed by atoms with Gasteiger partial charge in [0, 0.05) is 17.6 Å². The number of thiophene rings is 1. The number of nitrogens with two attached hydrogens (primary N) is 1. The summed E-state index contributed by atoms with van der Waals surface area (Å²) in [6, 6.07) is 4.02. The molecule has 2 aromatic heterocycles. The third-order valence-corrected chi connectivity index (χ3v) is 3.74. The number of nitrogens with zero attached hydrogens (tertiary/aromatic N) is 2. The zero-order chi connectivity index (χ0) is 11.1. The average molecular weight is 232 g/mol. The molecule has 5 heteroatoms. The summed E-state index contributed by atoms with van der Waals surface area (Å²) in [4.78, 5) is 10.9. The van der Waals surface area contributed by atoms with E-state index in [9.17, 15) is 0 Å². The first-order chi connectivity index (χ1) is 7.75. The van der Waals surface area contributed by atoms with Crippen LogP contribution in [0.4, 0.5) is 5.69 Å². The van der Waals surface area contributed by atoms with Gasteiger partial charge in [0.25, 0.3) is 0 Å². The summed E-state index contributed by atoms with van der Waals surface area (Å²) >= 11 is 1.61. The summed E-state index contributed by atoms with van der Waals surface area (Å²) < 4.78 is 0. The standard InChI is InChI=1S/C11H12N4S/c1-6-2-3-7-8(12)9(16-11(7)15-6)10-13-4-5-14-10/h2-3H,4-5,12H2,1H3,(H,13,14). The molecule has 4 nitrogen and oxygen atoms in total. The Hall–Kier alpha value is -1.62. The fourth-order valence-corrected chi connectivity index (χ4v) is 2.94. The molecule has 3 heterocycles. The minimum atomic E-state index is 0.792. The Morgan fingerprint density at radius 2 is 2.31 bits per heavy atom. The number of nitrogen functional groups attached to an aromatic ring is 1. The molecule has 3 N–H and O–H groups in total. The molecule has 1 aliphatic heterocycles. The molecule has 2 aromatic rings. The van der Waals surface area contributed by atoms with E-state index in [-0.39, 0.29) is 0 Å². The van der Waals surface area contributed by atoms with Crippen molar-refractivity contribution in [1.29, 1.82) is 0 Å². The van der Waals surface area contributed by atoms with Gasteiger partial charge >= 0.3 is 0 Å². The van der Waals surface area contributed by atoms with Crippen LogP contribution in [0, 0.1) is 6.92 Å². The first-order valence-electron chi connectivity index (χ1n) is 5.20. The van der Waals surface area contributed by atoms with Crippen molar-refractivity contribution in [1.82, 2.24) is 10.3 Å². The number of aryl methyl sites for hydroxylation is 1. The molecule has 0 saturated heterocycles. The lowest BCUT2D eigenvalue weighted by atomic mass is 10.2. The zero-order valence-electron chi connectivity index (χ0n) is 8.95. The molecule has 0 aromatic carbocycles. The van der Waals surface area contributed by atoms with Gasteiger partial charge in [-0.2, -0.15) is 0 Å². The maximum absolute atomic E-state index is 6.12. The second-order valence-electron chi connectivity index (χ2n) is 3.81. The highest BCUT2D eigenvalue weighted by Crippen LogP contribution is 2.32. The van der Waals surface area contributed by atoms with Crippen LogP contribution in [0.1, 0.15) is 10.6 Å². The molecule has 16 heavy (non-hydrogen) atoms. The Morgan fingerprint density at radius 1 is 1.44 bits per heavy atom. The first kappa shape index (κ1) is 9.59. The summed E-state index contributed by atoms with van der Waals surface area (Å²) in [6.45, 7) is 3.71. The third kappa shape index (κ3) is 1.36. The molecular weight excluding hydrogens is 220 g/mol. The van der Waals surface area contributed by atoms with E-state index in [0.29, 0.717) is 0 Å². The number of fused-ring (bicyclic) bond motifs is 1. The van der Waals surface area contributed by atoms with Crippen molar-refractivity contribution >= 4 is 33.1 Å². The van der Waals surface area contributed by atoms with E-state index in [1.807, 2.05) is 19.1 Å². The number of nitrogens with one attached hydrogen (secondary N) is 1. The fraction of sp³-hybridized carbons (Fsp3) is 0.273. The Balaban J connectivity index is 2.22. The average Bonchev–Trinajstić information content (AvgIpc) is 2.86. The lowest BCUT2D eigenvalue weighted by Crippen LogP contribution is -2.19. The highest BCUT2D eigenvalue weighted by molar-refractivity contribution is 7.21. The van der Waals surface area contributed by atoms with Gasteiger partial charge in [-0.05, 0) is 19.1 Å². The molecule has 0 atom stereocenters. The van der Waals surface area contributed by atoms with Crippen molar-refractivity contribution in [3.8, 4) is 0 Å². The van der Waals surface area contributed by atoms with Crippen LogP contribution in [0.5, 0.6) is 0 Å². The van der Waals surface area contributed by atoms with E-state index in [1.54, 1.807) is 11.3 Å². The molecular formula is C11H12N4S. The molecule has 0 radical (unpaired) electrons. The highest BCUT2D eigenvalue weighted by Gasteiger charge is 2.17. The van der Waals surface area contributed by atoms with Gasteiger partial charge in [-0.25, -0.2) is 4.98 Å². The second kappa shape index (κ2) is 3.45. The molecule has 0 aliphatic carbocycles. The van der Waals surface area contributed by atoms with Crippen molar-refractivity contribution in [2.45, 2.75) is 6.92 Å². The zero-order valence-corrected chi connectivity index (χ0v) is 9.77. The van der Waals surface area contributed by atoms with E-state index in [2.05, 4.69) is 15.3 Å². The molecule has 0 fully saturated rings. The summed E-state index contributed by atoms with van der Waals surface area (Å²) in [6.07, 6.45) is 0. The quantitative estimate of drug-likeness (QED) is 0.784. The minimum absolute atomic E-state index is 0.792. The lowest BCUT2D eigenvalue weighted by Gasteiger charge is -1.99. The largest absolute Gasteiger partial charge is 0.397 e. The van der Waals surface area contributed by atoms with Gasteiger partial charge in [0.2, 0.25) is 0 Å². The van der Waals surface area contributed by atoms with Crippen molar-refractivity contribution in [2.24, 2.45) is 4.99 Å². The first-order valence-corrected chi connectivity index (χ1v) is 6.01. The summed E-state index contributed by atoms with van der Waals surface area (Å²) in [5.41, 5.74) is 7.93. The maximum atomic E-state index is 6.12. The maximum Gasteiger partial charge on any atom is 0.140 e. The van der Waals surface area contributed by atoms with E-state index < -0.39 is 0 Å². The van der Waals surface area contributed by atoms with Crippen LogP contribution in [0.25, 0.3) is 10.2 Å². The monoisotopic (exact) mass is 232 g/mol. The molecule has 1 aliphatic rings. The van der Waals surface area contributed by atoms with Crippen LogP contribution in [0.15, 0.2) is 17.1 Å². The minimum Gasteiger partial charge on any atom is -0.397 e. The SMILES string of the molecule is Cc1ccc2c(N)c(C3=NCCN3)sc2n1. The van der Waals surface area contributed by atoms with Crippen LogP contribution in [-0.4, -0.2) is 23.9 Å². The number of hydrogen-bond acceptors (Lipinski definition) is 5. The Bertz CT molecular complexity index is 585. The fourth-order valence-electron chi connectivity index (χ4n) is 1.82. The number of rotatable bonds is 1. The highest BCUT2D eigenvalue weighted by atomic mass is 32.1. The number of aromatic nitrogens is 1. The van der Waals surface area contributed by atoms with Crippen molar-refractivity contribution in [3.63, 3.8) is 0 Å². The van der Waals surface area contributed by atoms with Crippen LogP contribution in [-0.2, 0) is 0 Å². The Kier molecular flexibility index (Phi) is 2.07. The number of pyridine rings is 1. The molecule has 82 valence electrons. The number of anilines is 1. The van der Waals surface area contributed by atoms with E-state index in [0.717, 1.165) is 45.4 Å². The van der Waals surface area contributed by atoms with Crippen LogP contribution in [0.2, 0.25) is 0 Å². The van der Waals surface area contributed by atoms with Gasteiger partial charge in [-0.1, -0.05) is 0 Å². The van der Waals surface area contributed by atoms with E-state index >= 15 is 0 Å². The molecule has 0 amide bonds. The molecule has 0 bridgehead atoms. The second-order valence-corrected chi connectivity index (χ2v) is 4.81. The van der Waals surface area contributed by atoms with Crippen molar-refractivity contribution in [2.75, 3.05) is 18.8 Å². The third-order valence-electron chi connectivity index (χ3n) is 2.62. The van der Waals surface area contributed by atoms with Crippen molar-refractivity contribution in [3.05, 3.63) is 22.7 Å². The van der Waals surface area contributed by atoms with Gasteiger partial charge in [0.15, 0.2) is 0 Å². The number of hydrogen-bond donors (Lipinski definition) is 2. The van der Waals surface area contributed by atoms with Gasteiger partial charge in [0.05, 0.1) is 17.1 Å². The molecule has 3 rings (SSSR count). The van der Waals surface area contributed by atoms with Gasteiger partial charge in [-0.3, -0.25) is 4.99 Å².